The van der Waals surface area contributed by atoms with Crippen LogP contribution in [0.1, 0.15) is 12.0 Å². The van der Waals surface area contributed by atoms with Crippen LogP contribution < -0.4 is 5.32 Å². The fraction of sp³-hybridized carbons (Fsp3) is 0.167. The van der Waals surface area contributed by atoms with Crippen LogP contribution in [-0.2, 0) is 9.59 Å². The number of nitrogens with zero attached hydrogens (tertiary/aromatic N) is 3. The van der Waals surface area contributed by atoms with Gasteiger partial charge in [-0.05, 0) is 12.1 Å². The van der Waals surface area contributed by atoms with Gasteiger partial charge in [0.1, 0.15) is 11.0 Å². The van der Waals surface area contributed by atoms with Crippen LogP contribution in [0.15, 0.2) is 28.4 Å². The zero-order valence-corrected chi connectivity index (χ0v) is 12.2. The molecule has 1 aliphatic heterocycles. The van der Waals surface area contributed by atoms with Crippen LogP contribution in [0.4, 0.5) is 5.69 Å². The second-order valence-corrected chi connectivity index (χ2v) is 5.53. The number of carboxylic acid groups (broad SMARTS) is 1. The maximum Gasteiger partial charge on any atom is 0.305 e. The number of aromatic hydroxyl groups is 1. The molecule has 1 heterocycles. The van der Waals surface area contributed by atoms with E-state index in [0.29, 0.717) is 0 Å². The van der Waals surface area contributed by atoms with Crippen molar-refractivity contribution in [2.45, 2.75) is 11.7 Å². The van der Waals surface area contributed by atoms with E-state index in [9.17, 15) is 24.8 Å². The zero-order valence-electron chi connectivity index (χ0n) is 11.4. The number of carboxylic acids is 1. The van der Waals surface area contributed by atoms with Gasteiger partial charge < -0.3 is 15.5 Å². The first-order chi connectivity index (χ1) is 10.9. The summed E-state index contributed by atoms with van der Waals surface area (Å²) in [5.41, 5.74) is -0.227. The molecule has 1 saturated heterocycles. The molecular formula is C12H10N4O6S. The van der Waals surface area contributed by atoms with Crippen molar-refractivity contribution in [3.05, 3.63) is 33.9 Å². The normalized spacial score (nSPS) is 19.2. The summed E-state index contributed by atoms with van der Waals surface area (Å²) in [4.78, 5) is 32.3. The molecule has 120 valence electrons. The number of nitro benzene ring substituents is 1. The van der Waals surface area contributed by atoms with Gasteiger partial charge in [-0.25, -0.2) is 0 Å². The Hall–Kier alpha value is -2.95. The van der Waals surface area contributed by atoms with Crippen LogP contribution >= 0.6 is 11.8 Å². The Kier molecular flexibility index (Phi) is 4.91. The van der Waals surface area contributed by atoms with Gasteiger partial charge in [0.15, 0.2) is 5.17 Å². The van der Waals surface area contributed by atoms with Crippen LogP contribution in [0.3, 0.4) is 0 Å². The van der Waals surface area contributed by atoms with Gasteiger partial charge in [0.05, 0.1) is 23.1 Å². The van der Waals surface area contributed by atoms with E-state index in [4.69, 9.17) is 5.11 Å². The maximum absolute atomic E-state index is 11.5. The van der Waals surface area contributed by atoms with E-state index in [1.54, 1.807) is 0 Å². The highest BCUT2D eigenvalue weighted by Crippen LogP contribution is 2.23. The average Bonchev–Trinajstić information content (AvgIpc) is 2.78. The van der Waals surface area contributed by atoms with Crippen molar-refractivity contribution in [3.63, 3.8) is 0 Å². The molecule has 0 aromatic heterocycles. The number of carbonyl (C=O) groups excluding carboxylic acids is 1. The average molecular weight is 338 g/mol. The number of hydrogen-bond acceptors (Lipinski definition) is 8. The van der Waals surface area contributed by atoms with Crippen molar-refractivity contribution >= 4 is 40.7 Å². The molecule has 2 rings (SSSR count). The zero-order chi connectivity index (χ0) is 17.0. The molecule has 23 heavy (non-hydrogen) atoms. The molecule has 0 aliphatic carbocycles. The van der Waals surface area contributed by atoms with Gasteiger partial charge in [0.2, 0.25) is 5.91 Å². The Bertz CT molecular complexity index is 732. The highest BCUT2D eigenvalue weighted by atomic mass is 32.2. The van der Waals surface area contributed by atoms with Crippen molar-refractivity contribution in [3.8, 4) is 5.75 Å². The molecule has 0 radical (unpaired) electrons. The Labute approximate surface area is 133 Å². The quantitative estimate of drug-likeness (QED) is 0.405. The monoisotopic (exact) mass is 338 g/mol. The van der Waals surface area contributed by atoms with E-state index >= 15 is 0 Å². The molecule has 10 nitrogen and oxygen atoms in total. The van der Waals surface area contributed by atoms with E-state index in [1.807, 2.05) is 0 Å². The molecule has 11 heteroatoms. The second-order valence-electron chi connectivity index (χ2n) is 4.34. The predicted molar refractivity (Wildman–Crippen MR) is 81.6 cm³/mol. The predicted octanol–water partition coefficient (Wildman–Crippen LogP) is 0.697. The summed E-state index contributed by atoms with van der Waals surface area (Å²) in [5.74, 6) is -1.78. The molecule has 1 aromatic rings. The van der Waals surface area contributed by atoms with Crippen molar-refractivity contribution in [2.24, 2.45) is 10.2 Å². The lowest BCUT2D eigenvalue weighted by molar-refractivity contribution is -0.385. The van der Waals surface area contributed by atoms with Crippen LogP contribution in [0.25, 0.3) is 0 Å². The first kappa shape index (κ1) is 16.4. The Balaban J connectivity index is 2.13. The summed E-state index contributed by atoms with van der Waals surface area (Å²) in [6.07, 6.45) is 0.708. The fourth-order valence-electron chi connectivity index (χ4n) is 1.70. The van der Waals surface area contributed by atoms with Gasteiger partial charge in [0, 0.05) is 6.07 Å². The lowest BCUT2D eigenvalue weighted by Crippen LogP contribution is -2.26. The van der Waals surface area contributed by atoms with Crippen molar-refractivity contribution < 1.29 is 24.7 Å². The third-order valence-corrected chi connectivity index (χ3v) is 3.76. The topological polar surface area (TPSA) is 154 Å². The summed E-state index contributed by atoms with van der Waals surface area (Å²) in [5, 5.41) is 37.8. The minimum absolute atomic E-state index is 0.0377. The molecule has 1 atom stereocenters. The first-order valence-electron chi connectivity index (χ1n) is 6.14. The lowest BCUT2D eigenvalue weighted by Gasteiger charge is -1.98. The number of thioether (sulfide) groups is 1. The van der Waals surface area contributed by atoms with Gasteiger partial charge in [-0.1, -0.05) is 11.8 Å². The number of phenols is 1. The summed E-state index contributed by atoms with van der Waals surface area (Å²) in [6, 6.07) is 3.44. The molecule has 1 aliphatic rings. The molecule has 1 aromatic carbocycles. The van der Waals surface area contributed by atoms with Crippen molar-refractivity contribution in [1.29, 1.82) is 0 Å². The highest BCUT2D eigenvalue weighted by Gasteiger charge is 2.32. The highest BCUT2D eigenvalue weighted by molar-refractivity contribution is 8.15. The minimum atomic E-state index is -1.11. The third kappa shape index (κ3) is 4.26. The summed E-state index contributed by atoms with van der Waals surface area (Å²) in [6.45, 7) is 0. The van der Waals surface area contributed by atoms with E-state index in [0.717, 1.165) is 30.1 Å². The Morgan fingerprint density at radius 1 is 1.52 bits per heavy atom. The summed E-state index contributed by atoms with van der Waals surface area (Å²) in [7, 11) is 0. The van der Waals surface area contributed by atoms with Crippen LogP contribution in [0.5, 0.6) is 5.75 Å². The van der Waals surface area contributed by atoms with Gasteiger partial charge in [0.25, 0.3) is 5.69 Å². The van der Waals surface area contributed by atoms with E-state index in [1.165, 1.54) is 6.07 Å². The molecule has 1 fully saturated rings. The third-order valence-electron chi connectivity index (χ3n) is 2.69. The van der Waals surface area contributed by atoms with E-state index < -0.39 is 22.0 Å². The number of rotatable bonds is 5. The summed E-state index contributed by atoms with van der Waals surface area (Å²) < 4.78 is 0. The van der Waals surface area contributed by atoms with Crippen LogP contribution in [0.2, 0.25) is 0 Å². The number of amidine groups is 1. The summed E-state index contributed by atoms with van der Waals surface area (Å²) >= 11 is 0.907. The van der Waals surface area contributed by atoms with E-state index in [-0.39, 0.29) is 28.6 Å². The number of amides is 1. The number of phenolic OH excluding ortho intramolecular Hbond substituents is 1. The number of nitro groups is 1. The lowest BCUT2D eigenvalue weighted by atomic mass is 10.2. The number of aliphatic carboxylic acids is 1. The Morgan fingerprint density at radius 2 is 2.26 bits per heavy atom. The molecule has 0 saturated carbocycles. The molecule has 3 N–H and O–H groups in total. The van der Waals surface area contributed by atoms with Gasteiger partial charge in [-0.15, -0.1) is 5.10 Å². The SMILES string of the molecule is O=C(O)CC1SC(=NN=Cc2cc(O)ccc2[N+](=O)[O-])NC1=O. The van der Waals surface area contributed by atoms with Crippen molar-refractivity contribution in [1.82, 2.24) is 5.32 Å². The van der Waals surface area contributed by atoms with Crippen molar-refractivity contribution in [2.75, 3.05) is 0 Å². The van der Waals surface area contributed by atoms with Crippen LogP contribution in [-0.4, -0.2) is 43.6 Å². The number of benzene rings is 1. The smallest absolute Gasteiger partial charge is 0.305 e. The van der Waals surface area contributed by atoms with Crippen LogP contribution in [0, 0.1) is 10.1 Å². The number of nitrogens with one attached hydrogen (secondary N) is 1. The number of hydrogen-bond donors (Lipinski definition) is 3. The number of carbonyl (C=O) groups is 2. The molecular weight excluding hydrogens is 328 g/mol. The van der Waals surface area contributed by atoms with Gasteiger partial charge >= 0.3 is 5.97 Å². The van der Waals surface area contributed by atoms with E-state index in [2.05, 4.69) is 15.5 Å². The second kappa shape index (κ2) is 6.87. The molecule has 1 amide bonds. The first-order valence-corrected chi connectivity index (χ1v) is 7.02. The minimum Gasteiger partial charge on any atom is -0.508 e. The Morgan fingerprint density at radius 3 is 2.91 bits per heavy atom. The molecule has 0 bridgehead atoms. The molecule has 1 unspecified atom stereocenters. The fourth-order valence-corrected chi connectivity index (χ4v) is 2.62. The largest absolute Gasteiger partial charge is 0.508 e. The van der Waals surface area contributed by atoms with Gasteiger partial charge in [-0.3, -0.25) is 19.7 Å². The molecule has 0 spiro atoms. The maximum atomic E-state index is 11.5. The standard InChI is InChI=1S/C12H10N4O6S/c17-7-1-2-8(16(21)22)6(3-7)5-13-15-12-14-11(20)9(23-12)4-10(18)19/h1-3,5,9,17H,4H2,(H,18,19)(H,14,15,20). The van der Waals surface area contributed by atoms with Gasteiger partial charge in [-0.2, -0.15) is 5.10 Å².